The van der Waals surface area contributed by atoms with E-state index in [4.69, 9.17) is 33.2 Å². The van der Waals surface area contributed by atoms with E-state index < -0.39 is 42.4 Å². The van der Waals surface area contributed by atoms with Crippen LogP contribution in [0, 0.1) is 5.92 Å². The van der Waals surface area contributed by atoms with Crippen LogP contribution in [0.4, 0.5) is 0 Å². The average Bonchev–Trinajstić information content (AvgIpc) is 3.46. The highest BCUT2D eigenvalue weighted by molar-refractivity contribution is 5.82. The predicted molar refractivity (Wildman–Crippen MR) is 117 cm³/mol. The van der Waals surface area contributed by atoms with Crippen LogP contribution in [0.25, 0.3) is 0 Å². The van der Waals surface area contributed by atoms with Crippen LogP contribution in [0.1, 0.15) is 23.3 Å². The number of hydrogen-bond donors (Lipinski definition) is 3. The fraction of sp³-hybridized carbons (Fsp3) is 0.458. The third-order valence-electron chi connectivity index (χ3n) is 6.52. The number of esters is 1. The Morgan fingerprint density at radius 1 is 1.06 bits per heavy atom. The van der Waals surface area contributed by atoms with Gasteiger partial charge in [-0.05, 0) is 18.2 Å². The SMILES string of the molecule is COC[C@H]1Oc2cc([C@@H](O)[C@H]3COC(=O)[C@@]3(O)CO)c(OC)cc2O[C@@H]1c1ccc2c(c1)OCO2. The van der Waals surface area contributed by atoms with Crippen molar-refractivity contribution < 1.29 is 53.3 Å². The fourth-order valence-corrected chi connectivity index (χ4v) is 4.58. The van der Waals surface area contributed by atoms with Crippen LogP contribution < -0.4 is 23.7 Å². The number of hydrogen-bond acceptors (Lipinski definition) is 11. The molecular formula is C24H26O11. The van der Waals surface area contributed by atoms with Crippen molar-refractivity contribution >= 4 is 5.97 Å². The van der Waals surface area contributed by atoms with E-state index in [1.807, 2.05) is 12.1 Å². The molecule has 0 aromatic heterocycles. The first-order valence-corrected chi connectivity index (χ1v) is 11.0. The van der Waals surface area contributed by atoms with Gasteiger partial charge in [0.15, 0.2) is 40.8 Å². The molecule has 3 N–H and O–H groups in total. The van der Waals surface area contributed by atoms with E-state index >= 15 is 0 Å². The summed E-state index contributed by atoms with van der Waals surface area (Å²) in [5, 5.41) is 31.3. The van der Waals surface area contributed by atoms with Crippen LogP contribution >= 0.6 is 0 Å². The van der Waals surface area contributed by atoms with Crippen molar-refractivity contribution in [2.75, 3.05) is 40.8 Å². The second-order valence-electron chi connectivity index (χ2n) is 8.54. The predicted octanol–water partition coefficient (Wildman–Crippen LogP) is 0.881. The Kier molecular flexibility index (Phi) is 6.09. The van der Waals surface area contributed by atoms with Crippen molar-refractivity contribution in [3.63, 3.8) is 0 Å². The second kappa shape index (κ2) is 9.08. The Hall–Kier alpha value is -3.25. The Labute approximate surface area is 200 Å². The van der Waals surface area contributed by atoms with Crippen molar-refractivity contribution in [2.24, 2.45) is 5.92 Å². The number of cyclic esters (lactones) is 1. The van der Waals surface area contributed by atoms with Gasteiger partial charge in [0.25, 0.3) is 0 Å². The molecule has 0 unspecified atom stereocenters. The van der Waals surface area contributed by atoms with Crippen LogP contribution in [0.2, 0.25) is 0 Å². The van der Waals surface area contributed by atoms with E-state index in [1.165, 1.54) is 13.2 Å². The lowest BCUT2D eigenvalue weighted by molar-refractivity contribution is -0.160. The standard InChI is InChI=1S/C24H26O11/c1-29-9-20-22(12-3-4-15-17(5-12)33-11-32-15)35-19-7-16(30-2)13(6-18(19)34-20)21(26)14-8-31-23(27)24(14,28)10-25/h3-7,14,20-22,25-26,28H,8-11H2,1-2H3/t14-,20-,21-,22-,24-/m1/s1. The highest BCUT2D eigenvalue weighted by atomic mass is 16.7. The minimum absolute atomic E-state index is 0.149. The zero-order valence-corrected chi connectivity index (χ0v) is 19.1. The Morgan fingerprint density at radius 3 is 2.57 bits per heavy atom. The maximum Gasteiger partial charge on any atom is 0.341 e. The highest BCUT2D eigenvalue weighted by Crippen LogP contribution is 2.48. The summed E-state index contributed by atoms with van der Waals surface area (Å²) < 4.78 is 39.1. The van der Waals surface area contributed by atoms with E-state index in [0.29, 0.717) is 23.0 Å². The van der Waals surface area contributed by atoms with E-state index in [2.05, 4.69) is 0 Å². The number of carbonyl (C=O) groups is 1. The van der Waals surface area contributed by atoms with Gasteiger partial charge < -0.3 is 48.5 Å². The van der Waals surface area contributed by atoms with Gasteiger partial charge in [-0.25, -0.2) is 4.79 Å². The van der Waals surface area contributed by atoms with Crippen molar-refractivity contribution in [1.82, 2.24) is 0 Å². The van der Waals surface area contributed by atoms with E-state index in [1.54, 1.807) is 19.2 Å². The number of rotatable bonds is 7. The molecular weight excluding hydrogens is 464 g/mol. The van der Waals surface area contributed by atoms with Gasteiger partial charge in [-0.1, -0.05) is 6.07 Å². The first-order chi connectivity index (χ1) is 16.9. The largest absolute Gasteiger partial charge is 0.496 e. The van der Waals surface area contributed by atoms with Crippen LogP contribution in [0.5, 0.6) is 28.7 Å². The smallest absolute Gasteiger partial charge is 0.341 e. The molecule has 11 nitrogen and oxygen atoms in total. The Bertz CT molecular complexity index is 1120. The number of aliphatic hydroxyl groups excluding tert-OH is 2. The van der Waals surface area contributed by atoms with Crippen LogP contribution in [0.15, 0.2) is 30.3 Å². The fourth-order valence-electron chi connectivity index (χ4n) is 4.58. The van der Waals surface area contributed by atoms with Crippen LogP contribution in [0.3, 0.4) is 0 Å². The summed E-state index contributed by atoms with van der Waals surface area (Å²) in [5.41, 5.74) is -1.21. The summed E-state index contributed by atoms with van der Waals surface area (Å²) in [5.74, 6) is 0.0650. The summed E-state index contributed by atoms with van der Waals surface area (Å²) in [7, 11) is 2.96. The molecule has 35 heavy (non-hydrogen) atoms. The first kappa shape index (κ1) is 23.5. The van der Waals surface area contributed by atoms with Crippen molar-refractivity contribution in [2.45, 2.75) is 23.9 Å². The maximum atomic E-state index is 12.0. The van der Waals surface area contributed by atoms with Gasteiger partial charge in [-0.2, -0.15) is 0 Å². The van der Waals surface area contributed by atoms with Gasteiger partial charge in [-0.3, -0.25) is 0 Å². The lowest BCUT2D eigenvalue weighted by atomic mass is 9.83. The zero-order chi connectivity index (χ0) is 24.7. The molecule has 2 aromatic carbocycles. The van der Waals surface area contributed by atoms with Gasteiger partial charge >= 0.3 is 5.97 Å². The number of fused-ring (bicyclic) bond motifs is 2. The van der Waals surface area contributed by atoms with Crippen molar-refractivity contribution in [3.8, 4) is 28.7 Å². The van der Waals surface area contributed by atoms with E-state index in [9.17, 15) is 20.1 Å². The lowest BCUT2D eigenvalue weighted by Gasteiger charge is -2.35. The summed E-state index contributed by atoms with van der Waals surface area (Å²) in [6.45, 7) is -0.811. The summed E-state index contributed by atoms with van der Waals surface area (Å²) in [6.07, 6.45) is -2.50. The number of carbonyl (C=O) groups excluding carboxylic acids is 1. The monoisotopic (exact) mass is 490 g/mol. The molecule has 5 atom stereocenters. The molecule has 0 bridgehead atoms. The molecule has 3 heterocycles. The topological polar surface area (TPSA) is 142 Å². The third-order valence-corrected chi connectivity index (χ3v) is 6.52. The minimum Gasteiger partial charge on any atom is -0.496 e. The summed E-state index contributed by atoms with van der Waals surface area (Å²) in [4.78, 5) is 12.0. The van der Waals surface area contributed by atoms with E-state index in [0.717, 1.165) is 5.56 Å². The second-order valence-corrected chi connectivity index (χ2v) is 8.54. The van der Waals surface area contributed by atoms with Crippen molar-refractivity contribution in [1.29, 1.82) is 0 Å². The molecule has 1 saturated heterocycles. The van der Waals surface area contributed by atoms with Gasteiger partial charge in [0.1, 0.15) is 12.4 Å². The molecule has 0 radical (unpaired) electrons. The normalized spacial score (nSPS) is 27.5. The van der Waals surface area contributed by atoms with Crippen LogP contribution in [-0.2, 0) is 14.3 Å². The van der Waals surface area contributed by atoms with Crippen LogP contribution in [-0.4, -0.2) is 73.8 Å². The molecule has 188 valence electrons. The third kappa shape index (κ3) is 3.90. The number of aliphatic hydroxyl groups is 3. The molecule has 3 aliphatic rings. The summed E-state index contributed by atoms with van der Waals surface area (Å²) >= 11 is 0. The molecule has 0 saturated carbocycles. The molecule has 0 spiro atoms. The number of ether oxygens (including phenoxy) is 7. The van der Waals surface area contributed by atoms with Crippen molar-refractivity contribution in [3.05, 3.63) is 41.5 Å². The Balaban J connectivity index is 1.49. The molecule has 1 fully saturated rings. The maximum absolute atomic E-state index is 12.0. The van der Waals surface area contributed by atoms with Gasteiger partial charge in [0.05, 0.1) is 32.3 Å². The molecule has 0 amide bonds. The van der Waals surface area contributed by atoms with E-state index in [-0.39, 0.29) is 31.3 Å². The first-order valence-electron chi connectivity index (χ1n) is 11.0. The zero-order valence-electron chi connectivity index (χ0n) is 19.1. The molecule has 11 heteroatoms. The molecule has 0 aliphatic carbocycles. The minimum atomic E-state index is -2.24. The Morgan fingerprint density at radius 2 is 1.83 bits per heavy atom. The van der Waals surface area contributed by atoms with Gasteiger partial charge in [0, 0.05) is 24.3 Å². The highest BCUT2D eigenvalue weighted by Gasteiger charge is 2.54. The quantitative estimate of drug-likeness (QED) is 0.476. The molecule has 2 aromatic rings. The van der Waals surface area contributed by atoms with Gasteiger partial charge in [0.2, 0.25) is 6.79 Å². The lowest BCUT2D eigenvalue weighted by Crippen LogP contribution is -2.46. The molecule has 3 aliphatic heterocycles. The molecule has 5 rings (SSSR count). The number of benzene rings is 2. The average molecular weight is 490 g/mol. The summed E-state index contributed by atoms with van der Waals surface area (Å²) in [6, 6.07) is 8.57. The van der Waals surface area contributed by atoms with Gasteiger partial charge in [-0.15, -0.1) is 0 Å². The number of methoxy groups -OCH3 is 2.